The predicted molar refractivity (Wildman–Crippen MR) is 78.9 cm³/mol. The largest absolute Gasteiger partial charge is 0.493 e. The molecule has 0 N–H and O–H groups in total. The van der Waals surface area contributed by atoms with Crippen LogP contribution in [0.25, 0.3) is 0 Å². The van der Waals surface area contributed by atoms with Crippen LogP contribution in [-0.4, -0.2) is 43.9 Å². The third-order valence-corrected chi connectivity index (χ3v) is 3.99. The van der Waals surface area contributed by atoms with Gasteiger partial charge in [0.2, 0.25) is 0 Å². The van der Waals surface area contributed by atoms with E-state index in [1.807, 2.05) is 0 Å². The predicted octanol–water partition coefficient (Wildman–Crippen LogP) is 2.15. The molecule has 0 spiro atoms. The second-order valence-corrected chi connectivity index (χ2v) is 5.25. The van der Waals surface area contributed by atoms with Gasteiger partial charge < -0.3 is 14.4 Å². The number of nitrogens with zero attached hydrogens (tertiary/aromatic N) is 1. The number of piperidine rings is 1. The standard InChI is InChI=1S/C16H21NO4/c1-11(18)12-6-8-17(9-7-12)16(19)13-4-5-14(20-2)15(10-13)21-3/h4-5,10,12H,6-9H2,1-3H3. The van der Waals surface area contributed by atoms with Gasteiger partial charge in [0.1, 0.15) is 5.78 Å². The smallest absolute Gasteiger partial charge is 0.253 e. The normalized spacial score (nSPS) is 15.7. The molecule has 1 aromatic carbocycles. The molecular weight excluding hydrogens is 270 g/mol. The van der Waals surface area contributed by atoms with Gasteiger partial charge in [-0.05, 0) is 38.0 Å². The lowest BCUT2D eigenvalue weighted by Gasteiger charge is -2.31. The van der Waals surface area contributed by atoms with E-state index in [0.29, 0.717) is 30.2 Å². The molecule has 1 aromatic rings. The van der Waals surface area contributed by atoms with Gasteiger partial charge in [-0.25, -0.2) is 0 Å². The van der Waals surface area contributed by atoms with Crippen molar-refractivity contribution in [3.8, 4) is 11.5 Å². The minimum atomic E-state index is -0.0297. The number of likely N-dealkylation sites (tertiary alicyclic amines) is 1. The first-order valence-corrected chi connectivity index (χ1v) is 7.08. The first-order valence-electron chi connectivity index (χ1n) is 7.08. The highest BCUT2D eigenvalue weighted by molar-refractivity contribution is 5.95. The third kappa shape index (κ3) is 3.35. The monoisotopic (exact) mass is 291 g/mol. The Labute approximate surface area is 124 Å². The molecular formula is C16H21NO4. The number of hydrogen-bond donors (Lipinski definition) is 0. The van der Waals surface area contributed by atoms with E-state index in [2.05, 4.69) is 0 Å². The Morgan fingerprint density at radius 3 is 2.24 bits per heavy atom. The summed E-state index contributed by atoms with van der Waals surface area (Å²) in [5.74, 6) is 1.43. The fourth-order valence-electron chi connectivity index (χ4n) is 2.64. The van der Waals surface area contributed by atoms with Gasteiger partial charge in [-0.1, -0.05) is 0 Å². The summed E-state index contributed by atoms with van der Waals surface area (Å²) in [6, 6.07) is 5.16. The van der Waals surface area contributed by atoms with Gasteiger partial charge in [-0.3, -0.25) is 9.59 Å². The Hall–Kier alpha value is -2.04. The fourth-order valence-corrected chi connectivity index (χ4v) is 2.64. The first-order chi connectivity index (χ1) is 10.1. The van der Waals surface area contributed by atoms with Gasteiger partial charge >= 0.3 is 0 Å². The summed E-state index contributed by atoms with van der Waals surface area (Å²) in [6.45, 7) is 2.87. The SMILES string of the molecule is COc1ccc(C(=O)N2CCC(C(C)=O)CC2)cc1OC. The summed E-state index contributed by atoms with van der Waals surface area (Å²) in [5.41, 5.74) is 0.578. The number of hydrogen-bond acceptors (Lipinski definition) is 4. The van der Waals surface area contributed by atoms with Crippen LogP contribution in [0.5, 0.6) is 11.5 Å². The number of Topliss-reactive ketones (excluding diaryl/α,β-unsaturated/α-hetero) is 1. The molecule has 1 aliphatic rings. The highest BCUT2D eigenvalue weighted by atomic mass is 16.5. The molecule has 0 aromatic heterocycles. The van der Waals surface area contributed by atoms with Crippen LogP contribution in [0.1, 0.15) is 30.1 Å². The molecule has 0 radical (unpaired) electrons. The van der Waals surface area contributed by atoms with Crippen molar-refractivity contribution in [2.75, 3.05) is 27.3 Å². The second kappa shape index (κ2) is 6.61. The van der Waals surface area contributed by atoms with Crippen LogP contribution in [0.15, 0.2) is 18.2 Å². The summed E-state index contributed by atoms with van der Waals surface area (Å²) in [4.78, 5) is 25.6. The van der Waals surface area contributed by atoms with Crippen molar-refractivity contribution in [2.24, 2.45) is 5.92 Å². The van der Waals surface area contributed by atoms with Gasteiger partial charge in [0.15, 0.2) is 11.5 Å². The second-order valence-electron chi connectivity index (χ2n) is 5.25. The molecule has 1 aliphatic heterocycles. The van der Waals surface area contributed by atoms with Gasteiger partial charge in [0.05, 0.1) is 14.2 Å². The van der Waals surface area contributed by atoms with Crippen molar-refractivity contribution >= 4 is 11.7 Å². The van der Waals surface area contributed by atoms with E-state index in [1.54, 1.807) is 44.2 Å². The van der Waals surface area contributed by atoms with E-state index in [-0.39, 0.29) is 17.6 Å². The molecule has 21 heavy (non-hydrogen) atoms. The quantitative estimate of drug-likeness (QED) is 0.853. The van der Waals surface area contributed by atoms with Gasteiger partial charge in [0.25, 0.3) is 5.91 Å². The Balaban J connectivity index is 2.09. The average Bonchev–Trinajstić information content (AvgIpc) is 2.53. The number of amides is 1. The molecule has 0 atom stereocenters. The van der Waals surface area contributed by atoms with Crippen LogP contribution in [0.3, 0.4) is 0 Å². The van der Waals surface area contributed by atoms with Crippen LogP contribution in [0, 0.1) is 5.92 Å². The number of rotatable bonds is 4. The van der Waals surface area contributed by atoms with Crippen LogP contribution < -0.4 is 9.47 Å². The number of ketones is 1. The number of carbonyl (C=O) groups is 2. The van der Waals surface area contributed by atoms with Crippen molar-refractivity contribution in [2.45, 2.75) is 19.8 Å². The Morgan fingerprint density at radius 1 is 1.10 bits per heavy atom. The Bertz CT molecular complexity index is 533. The van der Waals surface area contributed by atoms with Gasteiger partial charge in [0, 0.05) is 24.6 Å². The van der Waals surface area contributed by atoms with Crippen molar-refractivity contribution in [1.29, 1.82) is 0 Å². The topological polar surface area (TPSA) is 55.8 Å². The third-order valence-electron chi connectivity index (χ3n) is 3.99. The Morgan fingerprint density at radius 2 is 1.71 bits per heavy atom. The van der Waals surface area contributed by atoms with Gasteiger partial charge in [-0.2, -0.15) is 0 Å². The lowest BCUT2D eigenvalue weighted by Crippen LogP contribution is -2.39. The minimum Gasteiger partial charge on any atom is -0.493 e. The summed E-state index contributed by atoms with van der Waals surface area (Å²) in [5, 5.41) is 0. The highest BCUT2D eigenvalue weighted by Crippen LogP contribution is 2.28. The fraction of sp³-hybridized carbons (Fsp3) is 0.500. The minimum absolute atomic E-state index is 0.0297. The van der Waals surface area contributed by atoms with Crippen LogP contribution in [0.2, 0.25) is 0 Å². The first kappa shape index (κ1) is 15.4. The Kier molecular flexibility index (Phi) is 4.83. The molecule has 1 fully saturated rings. The maximum atomic E-state index is 12.5. The molecule has 1 saturated heterocycles. The van der Waals surface area contributed by atoms with E-state index in [4.69, 9.17) is 9.47 Å². The average molecular weight is 291 g/mol. The van der Waals surface area contributed by atoms with Gasteiger partial charge in [-0.15, -0.1) is 0 Å². The van der Waals surface area contributed by atoms with E-state index in [9.17, 15) is 9.59 Å². The van der Waals surface area contributed by atoms with E-state index in [0.717, 1.165) is 12.8 Å². The van der Waals surface area contributed by atoms with Crippen LogP contribution in [-0.2, 0) is 4.79 Å². The maximum absolute atomic E-state index is 12.5. The van der Waals surface area contributed by atoms with Crippen molar-refractivity contribution in [3.63, 3.8) is 0 Å². The molecule has 0 saturated carbocycles. The van der Waals surface area contributed by atoms with Crippen LogP contribution >= 0.6 is 0 Å². The van der Waals surface area contributed by atoms with Crippen molar-refractivity contribution < 1.29 is 19.1 Å². The number of benzene rings is 1. The zero-order valence-corrected chi connectivity index (χ0v) is 12.7. The number of methoxy groups -OCH3 is 2. The van der Waals surface area contributed by atoms with Crippen molar-refractivity contribution in [3.05, 3.63) is 23.8 Å². The van der Waals surface area contributed by atoms with E-state index in [1.165, 1.54) is 0 Å². The highest BCUT2D eigenvalue weighted by Gasteiger charge is 2.26. The molecule has 114 valence electrons. The lowest BCUT2D eigenvalue weighted by molar-refractivity contribution is -0.121. The maximum Gasteiger partial charge on any atom is 0.253 e. The number of ether oxygens (including phenoxy) is 2. The summed E-state index contributed by atoms with van der Waals surface area (Å²) in [6.07, 6.45) is 1.49. The summed E-state index contributed by atoms with van der Waals surface area (Å²) >= 11 is 0. The molecule has 5 heteroatoms. The van der Waals surface area contributed by atoms with E-state index < -0.39 is 0 Å². The molecule has 0 aliphatic carbocycles. The molecule has 5 nitrogen and oxygen atoms in total. The zero-order chi connectivity index (χ0) is 15.4. The number of carbonyl (C=O) groups excluding carboxylic acids is 2. The zero-order valence-electron chi connectivity index (χ0n) is 12.7. The molecule has 0 unspecified atom stereocenters. The lowest BCUT2D eigenvalue weighted by atomic mass is 9.93. The molecule has 2 rings (SSSR count). The molecule has 0 bridgehead atoms. The molecule has 1 heterocycles. The van der Waals surface area contributed by atoms with E-state index >= 15 is 0 Å². The summed E-state index contributed by atoms with van der Waals surface area (Å²) in [7, 11) is 3.11. The van der Waals surface area contributed by atoms with Crippen LogP contribution in [0.4, 0.5) is 0 Å². The molecule has 1 amide bonds. The summed E-state index contributed by atoms with van der Waals surface area (Å²) < 4.78 is 10.4. The van der Waals surface area contributed by atoms with Crippen molar-refractivity contribution in [1.82, 2.24) is 4.90 Å².